The van der Waals surface area contributed by atoms with Gasteiger partial charge in [-0.25, -0.2) is 0 Å². The predicted molar refractivity (Wildman–Crippen MR) is 57.4 cm³/mol. The molecule has 1 aromatic carbocycles. The highest BCUT2D eigenvalue weighted by Gasteiger charge is 2.24. The van der Waals surface area contributed by atoms with Gasteiger partial charge in [0.2, 0.25) is 0 Å². The Bertz CT molecular complexity index is 267. The molecule has 0 spiro atoms. The first-order valence-electron chi connectivity index (χ1n) is 4.31. The lowest BCUT2D eigenvalue weighted by atomic mass is 9.91. The van der Waals surface area contributed by atoms with Gasteiger partial charge in [0.1, 0.15) is 5.60 Å². The van der Waals surface area contributed by atoms with Crippen molar-refractivity contribution in [3.63, 3.8) is 0 Å². The second kappa shape index (κ2) is 4.22. The maximum Gasteiger partial charge on any atom is 0.102 e. The molecule has 3 heteroatoms. The Morgan fingerprint density at radius 1 is 1.38 bits per heavy atom. The number of hydrogen-bond donors (Lipinski definition) is 2. The first kappa shape index (κ1) is 10.7. The Labute approximate surface area is 86.9 Å². The van der Waals surface area contributed by atoms with Gasteiger partial charge in [0, 0.05) is 11.0 Å². The lowest BCUT2D eigenvalue weighted by Gasteiger charge is -2.25. The Balaban J connectivity index is 2.99. The van der Waals surface area contributed by atoms with Crippen LogP contribution in [0.3, 0.4) is 0 Å². The number of aliphatic hydroxyl groups is 1. The fourth-order valence-electron chi connectivity index (χ4n) is 1.23. The van der Waals surface area contributed by atoms with Gasteiger partial charge in [-0.15, -0.1) is 0 Å². The quantitative estimate of drug-likeness (QED) is 0.854. The van der Waals surface area contributed by atoms with E-state index in [1.165, 1.54) is 0 Å². The van der Waals surface area contributed by atoms with E-state index < -0.39 is 5.60 Å². The highest BCUT2D eigenvalue weighted by molar-refractivity contribution is 9.10. The van der Waals surface area contributed by atoms with Gasteiger partial charge in [-0.3, -0.25) is 0 Å². The smallest absolute Gasteiger partial charge is 0.102 e. The molecule has 1 aromatic rings. The second-order valence-corrected chi connectivity index (χ2v) is 4.01. The van der Waals surface area contributed by atoms with Crippen molar-refractivity contribution in [3.05, 3.63) is 34.3 Å². The number of nitrogens with two attached hydrogens (primary N) is 1. The lowest BCUT2D eigenvalue weighted by molar-refractivity contribution is 0.0418. The van der Waals surface area contributed by atoms with Gasteiger partial charge in [-0.05, 0) is 24.1 Å². The van der Waals surface area contributed by atoms with Crippen LogP contribution < -0.4 is 5.73 Å². The van der Waals surface area contributed by atoms with E-state index >= 15 is 0 Å². The fourth-order valence-corrected chi connectivity index (χ4v) is 1.49. The van der Waals surface area contributed by atoms with Crippen molar-refractivity contribution in [3.8, 4) is 0 Å². The molecule has 0 heterocycles. The second-order valence-electron chi connectivity index (χ2n) is 3.10. The average molecular weight is 244 g/mol. The summed E-state index contributed by atoms with van der Waals surface area (Å²) in [6.07, 6.45) is 0.630. The van der Waals surface area contributed by atoms with Crippen molar-refractivity contribution in [2.45, 2.75) is 18.9 Å². The molecule has 72 valence electrons. The van der Waals surface area contributed by atoms with Crippen LogP contribution in [-0.4, -0.2) is 11.7 Å². The molecule has 0 radical (unpaired) electrons. The van der Waals surface area contributed by atoms with Crippen molar-refractivity contribution in [2.75, 3.05) is 6.54 Å². The summed E-state index contributed by atoms with van der Waals surface area (Å²) in [4.78, 5) is 0. The van der Waals surface area contributed by atoms with Crippen molar-refractivity contribution in [2.24, 2.45) is 5.73 Å². The van der Waals surface area contributed by atoms with Crippen molar-refractivity contribution in [1.29, 1.82) is 0 Å². The summed E-state index contributed by atoms with van der Waals surface area (Å²) in [5.74, 6) is 0. The minimum atomic E-state index is -0.874. The molecule has 0 saturated heterocycles. The van der Waals surface area contributed by atoms with Gasteiger partial charge in [0.05, 0.1) is 0 Å². The van der Waals surface area contributed by atoms with Gasteiger partial charge in [0.15, 0.2) is 0 Å². The van der Waals surface area contributed by atoms with Crippen LogP contribution in [0, 0.1) is 0 Å². The number of halogens is 1. The standard InChI is InChI=1S/C10H14BrNO/c1-2-10(13,7-12)8-3-5-9(11)6-4-8/h3-6,13H,2,7,12H2,1H3/t10-/m0/s1. The van der Waals surface area contributed by atoms with Gasteiger partial charge in [-0.2, -0.15) is 0 Å². The van der Waals surface area contributed by atoms with E-state index in [1.807, 2.05) is 31.2 Å². The molecule has 0 aliphatic carbocycles. The highest BCUT2D eigenvalue weighted by atomic mass is 79.9. The molecular formula is C10H14BrNO. The summed E-state index contributed by atoms with van der Waals surface area (Å²) in [5, 5.41) is 10.1. The van der Waals surface area contributed by atoms with Crippen LogP contribution in [0.4, 0.5) is 0 Å². The van der Waals surface area contributed by atoms with Crippen molar-refractivity contribution < 1.29 is 5.11 Å². The maximum absolute atomic E-state index is 10.1. The third kappa shape index (κ3) is 2.30. The fraction of sp³-hybridized carbons (Fsp3) is 0.400. The first-order valence-corrected chi connectivity index (χ1v) is 5.10. The molecule has 0 amide bonds. The minimum Gasteiger partial charge on any atom is -0.384 e. The Morgan fingerprint density at radius 2 is 1.92 bits per heavy atom. The van der Waals surface area contributed by atoms with Crippen molar-refractivity contribution in [1.82, 2.24) is 0 Å². The molecule has 0 aliphatic heterocycles. The van der Waals surface area contributed by atoms with Crippen molar-refractivity contribution >= 4 is 15.9 Å². The number of benzene rings is 1. The Kier molecular flexibility index (Phi) is 3.47. The third-order valence-corrected chi connectivity index (χ3v) is 2.83. The topological polar surface area (TPSA) is 46.2 Å². The number of rotatable bonds is 3. The summed E-state index contributed by atoms with van der Waals surface area (Å²) in [6, 6.07) is 7.60. The zero-order valence-corrected chi connectivity index (χ0v) is 9.21. The molecule has 0 bridgehead atoms. The summed E-state index contributed by atoms with van der Waals surface area (Å²) in [6.45, 7) is 2.18. The van der Waals surface area contributed by atoms with Crippen LogP contribution >= 0.6 is 15.9 Å². The molecule has 1 rings (SSSR count). The Morgan fingerprint density at radius 3 is 2.31 bits per heavy atom. The summed E-state index contributed by atoms with van der Waals surface area (Å²) in [7, 11) is 0. The minimum absolute atomic E-state index is 0.255. The van der Waals surface area contributed by atoms with E-state index in [0.717, 1.165) is 10.0 Å². The van der Waals surface area contributed by atoms with E-state index in [1.54, 1.807) is 0 Å². The van der Waals surface area contributed by atoms with Crippen LogP contribution in [0.1, 0.15) is 18.9 Å². The van der Waals surface area contributed by atoms with Crippen LogP contribution in [0.15, 0.2) is 28.7 Å². The SMILES string of the molecule is CC[C@](O)(CN)c1ccc(Br)cc1. The van der Waals surface area contributed by atoms with Crippen LogP contribution in [0.25, 0.3) is 0 Å². The van der Waals surface area contributed by atoms with E-state index in [4.69, 9.17) is 5.73 Å². The average Bonchev–Trinajstić information content (AvgIpc) is 2.18. The largest absolute Gasteiger partial charge is 0.384 e. The summed E-state index contributed by atoms with van der Waals surface area (Å²) >= 11 is 3.34. The Hall–Kier alpha value is -0.380. The summed E-state index contributed by atoms with van der Waals surface area (Å²) in [5.41, 5.74) is 5.53. The molecule has 13 heavy (non-hydrogen) atoms. The predicted octanol–water partition coefficient (Wildman–Crippen LogP) is 2.01. The van der Waals surface area contributed by atoms with Crippen LogP contribution in [-0.2, 0) is 5.60 Å². The molecule has 2 nitrogen and oxygen atoms in total. The normalized spacial score (nSPS) is 15.4. The van der Waals surface area contributed by atoms with Gasteiger partial charge in [0.25, 0.3) is 0 Å². The first-order chi connectivity index (χ1) is 6.12. The van der Waals surface area contributed by atoms with Gasteiger partial charge >= 0.3 is 0 Å². The maximum atomic E-state index is 10.1. The van der Waals surface area contributed by atoms with E-state index in [0.29, 0.717) is 6.42 Å². The third-order valence-electron chi connectivity index (χ3n) is 2.30. The monoisotopic (exact) mass is 243 g/mol. The molecule has 3 N–H and O–H groups in total. The summed E-state index contributed by atoms with van der Waals surface area (Å²) < 4.78 is 1.01. The highest BCUT2D eigenvalue weighted by Crippen LogP contribution is 2.24. The van der Waals surface area contributed by atoms with Crippen LogP contribution in [0.2, 0.25) is 0 Å². The number of hydrogen-bond acceptors (Lipinski definition) is 2. The zero-order valence-electron chi connectivity index (χ0n) is 7.63. The zero-order chi connectivity index (χ0) is 9.90. The van der Waals surface area contributed by atoms with Gasteiger partial charge in [-0.1, -0.05) is 35.0 Å². The molecule has 0 fully saturated rings. The lowest BCUT2D eigenvalue weighted by Crippen LogP contribution is -2.33. The molecule has 1 atom stereocenters. The van der Waals surface area contributed by atoms with E-state index in [9.17, 15) is 5.11 Å². The van der Waals surface area contributed by atoms with E-state index in [-0.39, 0.29) is 6.54 Å². The molecular weight excluding hydrogens is 230 g/mol. The van der Waals surface area contributed by atoms with Crippen LogP contribution in [0.5, 0.6) is 0 Å². The van der Waals surface area contributed by atoms with Gasteiger partial charge < -0.3 is 10.8 Å². The molecule has 0 aromatic heterocycles. The molecule has 0 aliphatic rings. The molecule has 0 unspecified atom stereocenters. The van der Waals surface area contributed by atoms with E-state index in [2.05, 4.69) is 15.9 Å². The molecule has 0 saturated carbocycles.